The summed E-state index contributed by atoms with van der Waals surface area (Å²) in [5.74, 6) is -0.465. The fraction of sp³-hybridized carbons (Fsp3) is 0.286. The van der Waals surface area contributed by atoms with Crippen molar-refractivity contribution in [3.8, 4) is 0 Å². The number of nitrogens with two attached hydrogens (primary N) is 1. The van der Waals surface area contributed by atoms with E-state index in [-0.39, 0.29) is 5.69 Å². The van der Waals surface area contributed by atoms with Crippen molar-refractivity contribution < 1.29 is 4.39 Å². The van der Waals surface area contributed by atoms with E-state index in [9.17, 15) is 4.39 Å². The minimum Gasteiger partial charge on any atom is -0.396 e. The van der Waals surface area contributed by atoms with Gasteiger partial charge in [0.1, 0.15) is 0 Å². The fourth-order valence-electron chi connectivity index (χ4n) is 0.386. The summed E-state index contributed by atoms with van der Waals surface area (Å²) < 4.78 is 12.1. The minimum atomic E-state index is -0.465. The van der Waals surface area contributed by atoms with Crippen molar-refractivity contribution in [2.75, 3.05) is 5.73 Å². The molecule has 1 aromatic rings. The zero-order chi connectivity index (χ0) is 7.98. The average molecular weight is 142 g/mol. The molecule has 56 valence electrons. The molecule has 0 aromatic carbocycles. The molecule has 0 aliphatic heterocycles. The van der Waals surface area contributed by atoms with Crippen molar-refractivity contribution in [3.63, 3.8) is 0 Å². The molecule has 2 N–H and O–H groups in total. The van der Waals surface area contributed by atoms with Gasteiger partial charge in [0.25, 0.3) is 0 Å². The molecular formula is C7H11FN2. The van der Waals surface area contributed by atoms with Crippen molar-refractivity contribution in [1.82, 2.24) is 4.98 Å². The van der Waals surface area contributed by atoms with Gasteiger partial charge in [-0.25, -0.2) is 4.39 Å². The van der Waals surface area contributed by atoms with Gasteiger partial charge >= 0.3 is 0 Å². The van der Waals surface area contributed by atoms with Gasteiger partial charge in [0.2, 0.25) is 0 Å². The molecule has 2 nitrogen and oxygen atoms in total. The second-order valence-electron chi connectivity index (χ2n) is 1.40. The molecule has 0 fully saturated rings. The molecule has 0 spiro atoms. The summed E-state index contributed by atoms with van der Waals surface area (Å²) in [6.07, 6.45) is 2.52. The van der Waals surface area contributed by atoms with Crippen LogP contribution < -0.4 is 5.73 Å². The van der Waals surface area contributed by atoms with Gasteiger partial charge in [0, 0.05) is 6.20 Å². The Morgan fingerprint density at radius 3 is 2.40 bits per heavy atom. The molecule has 0 saturated heterocycles. The van der Waals surface area contributed by atoms with Gasteiger partial charge in [-0.3, -0.25) is 4.98 Å². The molecule has 0 amide bonds. The van der Waals surface area contributed by atoms with E-state index in [0.29, 0.717) is 0 Å². The Morgan fingerprint density at radius 1 is 1.50 bits per heavy atom. The predicted octanol–water partition coefficient (Wildman–Crippen LogP) is 1.83. The Balaban J connectivity index is 0.000000371. The lowest BCUT2D eigenvalue weighted by molar-refractivity contribution is 0.626. The van der Waals surface area contributed by atoms with E-state index >= 15 is 0 Å². The fourth-order valence-corrected chi connectivity index (χ4v) is 0.386. The highest BCUT2D eigenvalue weighted by atomic mass is 19.1. The van der Waals surface area contributed by atoms with Crippen molar-refractivity contribution in [1.29, 1.82) is 0 Å². The van der Waals surface area contributed by atoms with E-state index in [1.807, 2.05) is 13.8 Å². The maximum Gasteiger partial charge on any atom is 0.164 e. The average Bonchev–Trinajstić information content (AvgIpc) is 2.00. The van der Waals surface area contributed by atoms with Crippen LogP contribution in [-0.2, 0) is 0 Å². The van der Waals surface area contributed by atoms with Crippen LogP contribution in [0, 0.1) is 5.82 Å². The number of nitrogens with zero attached hydrogens (tertiary/aromatic N) is 1. The van der Waals surface area contributed by atoms with E-state index in [1.165, 1.54) is 12.3 Å². The van der Waals surface area contributed by atoms with E-state index < -0.39 is 5.82 Å². The van der Waals surface area contributed by atoms with E-state index in [1.54, 1.807) is 0 Å². The van der Waals surface area contributed by atoms with Crippen molar-refractivity contribution >= 4 is 5.69 Å². The monoisotopic (exact) mass is 142 g/mol. The maximum absolute atomic E-state index is 12.1. The number of aromatic nitrogens is 1. The van der Waals surface area contributed by atoms with Gasteiger partial charge in [0.15, 0.2) is 5.82 Å². The van der Waals surface area contributed by atoms with E-state index in [2.05, 4.69) is 4.98 Å². The second-order valence-corrected chi connectivity index (χ2v) is 1.40. The Morgan fingerprint density at radius 2 is 2.10 bits per heavy atom. The molecule has 0 atom stereocenters. The van der Waals surface area contributed by atoms with E-state index in [4.69, 9.17) is 5.73 Å². The first kappa shape index (κ1) is 8.88. The molecule has 0 unspecified atom stereocenters. The second kappa shape index (κ2) is 4.73. The van der Waals surface area contributed by atoms with Crippen LogP contribution in [0.1, 0.15) is 13.8 Å². The summed E-state index contributed by atoms with van der Waals surface area (Å²) in [5.41, 5.74) is 5.24. The predicted molar refractivity (Wildman–Crippen MR) is 40.0 cm³/mol. The summed E-state index contributed by atoms with van der Waals surface area (Å²) in [5, 5.41) is 0. The molecule has 0 bridgehead atoms. The Bertz CT molecular complexity index is 168. The third-order valence-electron chi connectivity index (χ3n) is 0.804. The van der Waals surface area contributed by atoms with Gasteiger partial charge in [-0.05, 0) is 6.07 Å². The Labute approximate surface area is 59.9 Å². The van der Waals surface area contributed by atoms with Crippen LogP contribution in [0.2, 0.25) is 0 Å². The van der Waals surface area contributed by atoms with Crippen molar-refractivity contribution in [2.24, 2.45) is 0 Å². The summed E-state index contributed by atoms with van der Waals surface area (Å²) in [4.78, 5) is 3.49. The highest BCUT2D eigenvalue weighted by Gasteiger charge is 1.90. The molecule has 0 radical (unpaired) electrons. The van der Waals surface area contributed by atoms with Gasteiger partial charge < -0.3 is 5.73 Å². The number of hydrogen-bond donors (Lipinski definition) is 1. The SMILES string of the molecule is CC.Nc1ccncc1F. The zero-order valence-corrected chi connectivity index (χ0v) is 6.13. The topological polar surface area (TPSA) is 38.9 Å². The molecular weight excluding hydrogens is 131 g/mol. The minimum absolute atomic E-state index is 0.139. The first-order chi connectivity index (χ1) is 4.80. The van der Waals surface area contributed by atoms with Crippen LogP contribution in [0.3, 0.4) is 0 Å². The lowest BCUT2D eigenvalue weighted by atomic mass is 10.4. The number of hydrogen-bond acceptors (Lipinski definition) is 2. The van der Waals surface area contributed by atoms with Gasteiger partial charge in [-0.2, -0.15) is 0 Å². The first-order valence-corrected chi connectivity index (χ1v) is 3.15. The normalized spacial score (nSPS) is 7.90. The molecule has 1 aromatic heterocycles. The van der Waals surface area contributed by atoms with Crippen molar-refractivity contribution in [2.45, 2.75) is 13.8 Å². The molecule has 0 aliphatic rings. The van der Waals surface area contributed by atoms with Crippen molar-refractivity contribution in [3.05, 3.63) is 24.3 Å². The summed E-state index contributed by atoms with van der Waals surface area (Å²) >= 11 is 0. The molecule has 1 rings (SSSR count). The van der Waals surface area contributed by atoms with Crippen LogP contribution in [0.25, 0.3) is 0 Å². The molecule has 0 aliphatic carbocycles. The lowest BCUT2D eigenvalue weighted by Crippen LogP contribution is -1.88. The van der Waals surface area contributed by atoms with Crippen LogP contribution >= 0.6 is 0 Å². The molecule has 10 heavy (non-hydrogen) atoms. The Hall–Kier alpha value is -1.12. The zero-order valence-electron chi connectivity index (χ0n) is 6.13. The summed E-state index contributed by atoms with van der Waals surface area (Å²) in [6, 6.07) is 1.41. The molecule has 1 heterocycles. The Kier molecular flexibility index (Phi) is 4.20. The van der Waals surface area contributed by atoms with Crippen LogP contribution in [0.5, 0.6) is 0 Å². The first-order valence-electron chi connectivity index (χ1n) is 3.15. The smallest absolute Gasteiger partial charge is 0.164 e. The van der Waals surface area contributed by atoms with Gasteiger partial charge in [-0.15, -0.1) is 0 Å². The number of anilines is 1. The number of nitrogen functional groups attached to an aromatic ring is 1. The quantitative estimate of drug-likeness (QED) is 0.600. The standard InChI is InChI=1S/C5H5FN2.C2H6/c6-4-3-8-2-1-5(4)7;1-2/h1-3H,(H2,7,8);1-2H3. The highest BCUT2D eigenvalue weighted by Crippen LogP contribution is 2.03. The van der Waals surface area contributed by atoms with E-state index in [0.717, 1.165) is 6.20 Å². The van der Waals surface area contributed by atoms with Gasteiger partial charge in [0.05, 0.1) is 11.9 Å². The molecule has 0 saturated carbocycles. The number of rotatable bonds is 0. The number of halogens is 1. The maximum atomic E-state index is 12.1. The number of pyridine rings is 1. The molecule has 3 heteroatoms. The van der Waals surface area contributed by atoms with Crippen LogP contribution in [0.15, 0.2) is 18.5 Å². The summed E-state index contributed by atoms with van der Waals surface area (Å²) in [7, 11) is 0. The lowest BCUT2D eigenvalue weighted by Gasteiger charge is -1.89. The highest BCUT2D eigenvalue weighted by molar-refractivity contribution is 5.35. The van der Waals surface area contributed by atoms with Gasteiger partial charge in [-0.1, -0.05) is 13.8 Å². The summed E-state index contributed by atoms with van der Waals surface area (Å²) in [6.45, 7) is 4.00. The van der Waals surface area contributed by atoms with Crippen LogP contribution in [-0.4, -0.2) is 4.98 Å². The van der Waals surface area contributed by atoms with Crippen LogP contribution in [0.4, 0.5) is 10.1 Å². The third kappa shape index (κ3) is 2.44. The third-order valence-corrected chi connectivity index (χ3v) is 0.804. The largest absolute Gasteiger partial charge is 0.396 e.